The Labute approximate surface area is 69.1 Å². The lowest BCUT2D eigenvalue weighted by molar-refractivity contribution is 0.179. The van der Waals surface area contributed by atoms with Gasteiger partial charge in [0.15, 0.2) is 0 Å². The molecule has 1 aliphatic carbocycles. The summed E-state index contributed by atoms with van der Waals surface area (Å²) >= 11 is 0. The Hall–Kier alpha value is -0.0800. The Bertz CT molecular complexity index is 99.7. The summed E-state index contributed by atoms with van der Waals surface area (Å²) < 4.78 is 4.99. The molecule has 66 valence electrons. The Morgan fingerprint density at radius 2 is 2.09 bits per heavy atom. The normalized spacial score (nSPS) is 22.4. The van der Waals surface area contributed by atoms with E-state index in [-0.39, 0.29) is 0 Å². The highest BCUT2D eigenvalue weighted by Gasteiger charge is 2.21. The van der Waals surface area contributed by atoms with Crippen LogP contribution in [0.5, 0.6) is 0 Å². The highest BCUT2D eigenvalue weighted by atomic mass is 16.5. The quantitative estimate of drug-likeness (QED) is 0.672. The van der Waals surface area contributed by atoms with E-state index in [2.05, 4.69) is 0 Å². The lowest BCUT2D eigenvalue weighted by atomic mass is 9.97. The molecule has 1 unspecified atom stereocenters. The maximum atomic E-state index is 5.99. The van der Waals surface area contributed by atoms with Crippen LogP contribution in [0.4, 0.5) is 0 Å². The van der Waals surface area contributed by atoms with Crippen LogP contribution in [0, 0.1) is 5.92 Å². The topological polar surface area (TPSA) is 35.2 Å². The SMILES string of the molecule is COCCC(N)C1CCCC1. The lowest BCUT2D eigenvalue weighted by Crippen LogP contribution is -2.29. The van der Waals surface area contributed by atoms with Crippen molar-refractivity contribution in [3.05, 3.63) is 0 Å². The molecule has 0 saturated heterocycles. The molecule has 2 nitrogen and oxygen atoms in total. The molecule has 2 heteroatoms. The van der Waals surface area contributed by atoms with E-state index in [0.717, 1.165) is 18.9 Å². The molecular formula is C9H19NO. The molecule has 1 aliphatic rings. The zero-order valence-corrected chi connectivity index (χ0v) is 7.38. The van der Waals surface area contributed by atoms with Gasteiger partial charge >= 0.3 is 0 Å². The minimum absolute atomic E-state index is 0.387. The minimum atomic E-state index is 0.387. The van der Waals surface area contributed by atoms with Crippen LogP contribution in [0.25, 0.3) is 0 Å². The van der Waals surface area contributed by atoms with Crippen LogP contribution in [0.15, 0.2) is 0 Å². The van der Waals surface area contributed by atoms with Gasteiger partial charge in [-0.1, -0.05) is 12.8 Å². The molecule has 0 aromatic carbocycles. The van der Waals surface area contributed by atoms with Crippen molar-refractivity contribution in [3.8, 4) is 0 Å². The average Bonchev–Trinajstić information content (AvgIpc) is 2.52. The van der Waals surface area contributed by atoms with Gasteiger partial charge in [0.25, 0.3) is 0 Å². The Kier molecular flexibility index (Phi) is 3.87. The fraction of sp³-hybridized carbons (Fsp3) is 1.00. The minimum Gasteiger partial charge on any atom is -0.385 e. The second-order valence-corrected chi connectivity index (χ2v) is 3.49. The summed E-state index contributed by atoms with van der Waals surface area (Å²) in [6.45, 7) is 0.817. The van der Waals surface area contributed by atoms with Crippen molar-refractivity contribution in [1.29, 1.82) is 0 Å². The predicted octanol–water partition coefficient (Wildman–Crippen LogP) is 1.54. The van der Waals surface area contributed by atoms with Crippen LogP contribution in [0.1, 0.15) is 32.1 Å². The maximum absolute atomic E-state index is 5.99. The number of rotatable bonds is 4. The molecule has 0 amide bonds. The number of ether oxygens (including phenoxy) is 1. The third-order valence-electron chi connectivity index (χ3n) is 2.66. The number of hydrogen-bond donors (Lipinski definition) is 1. The largest absolute Gasteiger partial charge is 0.385 e. The zero-order chi connectivity index (χ0) is 8.10. The average molecular weight is 157 g/mol. The Morgan fingerprint density at radius 3 is 2.64 bits per heavy atom. The van der Waals surface area contributed by atoms with E-state index in [9.17, 15) is 0 Å². The first-order valence-electron chi connectivity index (χ1n) is 4.59. The first-order chi connectivity index (χ1) is 5.34. The van der Waals surface area contributed by atoms with Gasteiger partial charge in [0.1, 0.15) is 0 Å². The van der Waals surface area contributed by atoms with Crippen LogP contribution in [0.2, 0.25) is 0 Å². The van der Waals surface area contributed by atoms with Crippen LogP contribution in [-0.4, -0.2) is 19.8 Å². The summed E-state index contributed by atoms with van der Waals surface area (Å²) in [6.07, 6.45) is 6.47. The molecule has 0 aromatic heterocycles. The molecule has 2 N–H and O–H groups in total. The summed E-state index contributed by atoms with van der Waals surface area (Å²) in [5.74, 6) is 0.783. The maximum Gasteiger partial charge on any atom is 0.0477 e. The third kappa shape index (κ3) is 2.80. The van der Waals surface area contributed by atoms with Crippen molar-refractivity contribution in [2.24, 2.45) is 11.7 Å². The van der Waals surface area contributed by atoms with Gasteiger partial charge in [-0.25, -0.2) is 0 Å². The monoisotopic (exact) mass is 157 g/mol. The Morgan fingerprint density at radius 1 is 1.45 bits per heavy atom. The molecule has 0 bridgehead atoms. The molecule has 0 aliphatic heterocycles. The fourth-order valence-electron chi connectivity index (χ4n) is 1.88. The summed E-state index contributed by atoms with van der Waals surface area (Å²) in [5.41, 5.74) is 5.99. The first-order valence-corrected chi connectivity index (χ1v) is 4.59. The van der Waals surface area contributed by atoms with Crippen molar-refractivity contribution in [3.63, 3.8) is 0 Å². The summed E-state index contributed by atoms with van der Waals surface area (Å²) in [6, 6.07) is 0.387. The van der Waals surface area contributed by atoms with E-state index >= 15 is 0 Å². The fourth-order valence-corrected chi connectivity index (χ4v) is 1.88. The molecule has 1 rings (SSSR count). The van der Waals surface area contributed by atoms with Crippen LogP contribution < -0.4 is 5.73 Å². The molecule has 1 saturated carbocycles. The van der Waals surface area contributed by atoms with Crippen molar-refractivity contribution in [2.45, 2.75) is 38.1 Å². The molecule has 0 heterocycles. The van der Waals surface area contributed by atoms with Crippen LogP contribution in [0.3, 0.4) is 0 Å². The number of methoxy groups -OCH3 is 1. The highest BCUT2D eigenvalue weighted by Crippen LogP contribution is 2.27. The number of hydrogen-bond acceptors (Lipinski definition) is 2. The molecule has 0 spiro atoms. The molecule has 0 radical (unpaired) electrons. The summed E-state index contributed by atoms with van der Waals surface area (Å²) in [7, 11) is 1.74. The molecule has 11 heavy (non-hydrogen) atoms. The van der Waals surface area contributed by atoms with E-state index in [0.29, 0.717) is 6.04 Å². The molecule has 1 fully saturated rings. The van der Waals surface area contributed by atoms with Crippen molar-refractivity contribution in [1.82, 2.24) is 0 Å². The van der Waals surface area contributed by atoms with E-state index in [4.69, 9.17) is 10.5 Å². The smallest absolute Gasteiger partial charge is 0.0477 e. The second kappa shape index (κ2) is 4.73. The Balaban J connectivity index is 2.12. The van der Waals surface area contributed by atoms with E-state index < -0.39 is 0 Å². The van der Waals surface area contributed by atoms with Gasteiger partial charge in [0, 0.05) is 19.8 Å². The van der Waals surface area contributed by atoms with E-state index in [1.165, 1.54) is 25.7 Å². The lowest BCUT2D eigenvalue weighted by Gasteiger charge is -2.17. The molecular weight excluding hydrogens is 138 g/mol. The van der Waals surface area contributed by atoms with E-state index in [1.54, 1.807) is 7.11 Å². The molecule has 1 atom stereocenters. The first kappa shape index (κ1) is 9.01. The van der Waals surface area contributed by atoms with Gasteiger partial charge in [0.05, 0.1) is 0 Å². The third-order valence-corrected chi connectivity index (χ3v) is 2.66. The predicted molar refractivity (Wildman–Crippen MR) is 46.4 cm³/mol. The zero-order valence-electron chi connectivity index (χ0n) is 7.38. The second-order valence-electron chi connectivity index (χ2n) is 3.49. The van der Waals surface area contributed by atoms with Gasteiger partial charge in [0.2, 0.25) is 0 Å². The standard InChI is InChI=1S/C9H19NO/c1-11-7-6-9(10)8-4-2-3-5-8/h8-9H,2-7,10H2,1H3. The van der Waals surface area contributed by atoms with E-state index in [1.807, 2.05) is 0 Å². The van der Waals surface area contributed by atoms with Gasteiger partial charge in [-0.3, -0.25) is 0 Å². The van der Waals surface area contributed by atoms with Gasteiger partial charge < -0.3 is 10.5 Å². The van der Waals surface area contributed by atoms with Crippen LogP contribution >= 0.6 is 0 Å². The summed E-state index contributed by atoms with van der Waals surface area (Å²) in [5, 5.41) is 0. The number of nitrogens with two attached hydrogens (primary N) is 1. The van der Waals surface area contributed by atoms with Gasteiger partial charge in [-0.2, -0.15) is 0 Å². The van der Waals surface area contributed by atoms with Gasteiger partial charge in [-0.15, -0.1) is 0 Å². The van der Waals surface area contributed by atoms with Crippen LogP contribution in [-0.2, 0) is 4.74 Å². The summed E-state index contributed by atoms with van der Waals surface area (Å²) in [4.78, 5) is 0. The molecule has 0 aromatic rings. The van der Waals surface area contributed by atoms with Crippen molar-refractivity contribution < 1.29 is 4.74 Å². The van der Waals surface area contributed by atoms with Crippen molar-refractivity contribution >= 4 is 0 Å². The highest BCUT2D eigenvalue weighted by molar-refractivity contribution is 4.77. The van der Waals surface area contributed by atoms with Gasteiger partial charge in [-0.05, 0) is 25.2 Å². The van der Waals surface area contributed by atoms with Crippen molar-refractivity contribution in [2.75, 3.05) is 13.7 Å².